The highest BCUT2D eigenvalue weighted by atomic mass is 35.5. The van der Waals surface area contributed by atoms with Crippen molar-refractivity contribution in [2.75, 3.05) is 7.11 Å². The topological polar surface area (TPSA) is 50.1 Å². The van der Waals surface area contributed by atoms with E-state index in [-0.39, 0.29) is 21.2 Å². The monoisotopic (exact) mass is 229 g/mol. The van der Waals surface area contributed by atoms with Crippen LogP contribution < -0.4 is 0 Å². The van der Waals surface area contributed by atoms with Crippen molar-refractivity contribution in [2.45, 2.75) is 0 Å². The average molecular weight is 230 g/mol. The second kappa shape index (κ2) is 4.32. The van der Waals surface area contributed by atoms with E-state index < -0.39 is 5.97 Å². The van der Waals surface area contributed by atoms with Crippen LogP contribution in [0, 0.1) is 11.3 Å². The number of benzene rings is 1. The zero-order valence-electron chi connectivity index (χ0n) is 7.17. The van der Waals surface area contributed by atoms with Gasteiger partial charge >= 0.3 is 5.97 Å². The molecule has 5 heteroatoms. The maximum Gasteiger partial charge on any atom is 0.339 e. The third kappa shape index (κ3) is 1.98. The van der Waals surface area contributed by atoms with Gasteiger partial charge in [-0.25, -0.2) is 4.79 Å². The zero-order chi connectivity index (χ0) is 10.7. The van der Waals surface area contributed by atoms with Gasteiger partial charge in [0.25, 0.3) is 0 Å². The summed E-state index contributed by atoms with van der Waals surface area (Å²) in [5.41, 5.74) is 0.260. The number of ether oxygens (including phenoxy) is 1. The Morgan fingerprint density at radius 2 is 2.00 bits per heavy atom. The molecule has 0 aromatic heterocycles. The number of halogens is 2. The normalized spacial score (nSPS) is 9.29. The number of rotatable bonds is 1. The molecule has 0 saturated carbocycles. The standard InChI is InChI=1S/C9H5Cl2NO2/c1-14-9(13)6-3-8(11)7(10)2-5(6)4-12/h2-3H,1H3. The lowest BCUT2D eigenvalue weighted by Crippen LogP contribution is -2.04. The lowest BCUT2D eigenvalue weighted by atomic mass is 10.1. The van der Waals surface area contributed by atoms with Crippen molar-refractivity contribution in [3.63, 3.8) is 0 Å². The average Bonchev–Trinajstić information content (AvgIpc) is 2.20. The van der Waals surface area contributed by atoms with Crippen molar-refractivity contribution in [2.24, 2.45) is 0 Å². The largest absolute Gasteiger partial charge is 0.465 e. The first-order valence-corrected chi connectivity index (χ1v) is 4.33. The van der Waals surface area contributed by atoms with Crippen molar-refractivity contribution >= 4 is 29.2 Å². The lowest BCUT2D eigenvalue weighted by molar-refractivity contribution is 0.0600. The van der Waals surface area contributed by atoms with Crippen molar-refractivity contribution in [1.29, 1.82) is 5.26 Å². The van der Waals surface area contributed by atoms with Crippen LogP contribution in [0.3, 0.4) is 0 Å². The molecule has 0 fully saturated rings. The summed E-state index contributed by atoms with van der Waals surface area (Å²) in [7, 11) is 1.23. The molecule has 0 saturated heterocycles. The van der Waals surface area contributed by atoms with Crippen LogP contribution in [0.2, 0.25) is 10.0 Å². The summed E-state index contributed by atoms with van der Waals surface area (Å²) in [5, 5.41) is 9.16. The molecule has 72 valence electrons. The van der Waals surface area contributed by atoms with Gasteiger partial charge in [-0.2, -0.15) is 5.26 Å². The summed E-state index contributed by atoms with van der Waals surface area (Å²) in [6.07, 6.45) is 0. The predicted molar refractivity (Wildman–Crippen MR) is 52.5 cm³/mol. The lowest BCUT2D eigenvalue weighted by Gasteiger charge is -2.03. The number of nitriles is 1. The van der Waals surface area contributed by atoms with Crippen LogP contribution in [0.1, 0.15) is 15.9 Å². The Balaban J connectivity index is 3.36. The van der Waals surface area contributed by atoms with Gasteiger partial charge in [-0.05, 0) is 12.1 Å². The van der Waals surface area contributed by atoms with Gasteiger partial charge in [-0.1, -0.05) is 23.2 Å². The maximum atomic E-state index is 11.2. The van der Waals surface area contributed by atoms with E-state index in [0.29, 0.717) is 0 Å². The summed E-state index contributed by atoms with van der Waals surface area (Å²) < 4.78 is 4.48. The van der Waals surface area contributed by atoms with Crippen molar-refractivity contribution in [3.05, 3.63) is 33.3 Å². The van der Waals surface area contributed by atoms with Gasteiger partial charge in [-0.3, -0.25) is 0 Å². The first-order chi connectivity index (χ1) is 6.60. The molecular formula is C9H5Cl2NO2. The van der Waals surface area contributed by atoms with E-state index in [1.165, 1.54) is 19.2 Å². The minimum Gasteiger partial charge on any atom is -0.465 e. The van der Waals surface area contributed by atoms with E-state index in [4.69, 9.17) is 28.5 Å². The number of nitrogens with zero attached hydrogens (tertiary/aromatic N) is 1. The summed E-state index contributed by atoms with van der Waals surface area (Å²) >= 11 is 11.4. The van der Waals surface area contributed by atoms with Gasteiger partial charge in [0, 0.05) is 0 Å². The highest BCUT2D eigenvalue weighted by molar-refractivity contribution is 6.42. The highest BCUT2D eigenvalue weighted by Crippen LogP contribution is 2.25. The van der Waals surface area contributed by atoms with Gasteiger partial charge in [-0.15, -0.1) is 0 Å². The second-order valence-electron chi connectivity index (χ2n) is 2.42. The number of hydrogen-bond acceptors (Lipinski definition) is 3. The van der Waals surface area contributed by atoms with E-state index in [2.05, 4.69) is 4.74 Å². The number of esters is 1. The molecule has 0 heterocycles. The Labute approximate surface area is 90.8 Å². The van der Waals surface area contributed by atoms with E-state index in [9.17, 15) is 4.79 Å². The van der Waals surface area contributed by atoms with Crippen molar-refractivity contribution in [3.8, 4) is 6.07 Å². The highest BCUT2D eigenvalue weighted by Gasteiger charge is 2.14. The van der Waals surface area contributed by atoms with Crippen LogP contribution in [0.25, 0.3) is 0 Å². The first kappa shape index (κ1) is 10.8. The molecule has 1 rings (SSSR count). The molecule has 0 atom stereocenters. The maximum absolute atomic E-state index is 11.2. The molecule has 0 amide bonds. The fourth-order valence-corrected chi connectivity index (χ4v) is 1.25. The van der Waals surface area contributed by atoms with E-state index >= 15 is 0 Å². The van der Waals surface area contributed by atoms with Crippen molar-refractivity contribution in [1.82, 2.24) is 0 Å². The first-order valence-electron chi connectivity index (χ1n) is 3.57. The molecule has 1 aromatic carbocycles. The van der Waals surface area contributed by atoms with E-state index in [0.717, 1.165) is 0 Å². The number of methoxy groups -OCH3 is 1. The Hall–Kier alpha value is -1.24. The van der Waals surface area contributed by atoms with Gasteiger partial charge in [0.05, 0.1) is 28.3 Å². The molecule has 0 spiro atoms. The van der Waals surface area contributed by atoms with Crippen LogP contribution in [0.15, 0.2) is 12.1 Å². The van der Waals surface area contributed by atoms with E-state index in [1.54, 1.807) is 0 Å². The third-order valence-corrected chi connectivity index (χ3v) is 2.31. The summed E-state index contributed by atoms with van der Waals surface area (Å²) in [6.45, 7) is 0. The molecule has 3 nitrogen and oxygen atoms in total. The Bertz CT molecular complexity index is 424. The van der Waals surface area contributed by atoms with Crippen molar-refractivity contribution < 1.29 is 9.53 Å². The van der Waals surface area contributed by atoms with Crippen LogP contribution in [0.5, 0.6) is 0 Å². The minimum absolute atomic E-state index is 0.115. The summed E-state index contributed by atoms with van der Waals surface area (Å²) in [6, 6.07) is 4.48. The summed E-state index contributed by atoms with van der Waals surface area (Å²) in [5.74, 6) is -0.611. The molecule has 0 N–H and O–H groups in total. The van der Waals surface area contributed by atoms with Gasteiger partial charge in [0.15, 0.2) is 0 Å². The van der Waals surface area contributed by atoms with Crippen LogP contribution in [0.4, 0.5) is 0 Å². The fourth-order valence-electron chi connectivity index (χ4n) is 0.918. The van der Waals surface area contributed by atoms with Gasteiger partial charge in [0.2, 0.25) is 0 Å². The predicted octanol–water partition coefficient (Wildman–Crippen LogP) is 2.65. The van der Waals surface area contributed by atoms with Crippen LogP contribution >= 0.6 is 23.2 Å². The molecular weight excluding hydrogens is 225 g/mol. The number of hydrogen-bond donors (Lipinski definition) is 0. The Morgan fingerprint density at radius 1 is 1.43 bits per heavy atom. The SMILES string of the molecule is COC(=O)c1cc(Cl)c(Cl)cc1C#N. The Morgan fingerprint density at radius 3 is 2.50 bits per heavy atom. The summed E-state index contributed by atoms with van der Waals surface area (Å²) in [4.78, 5) is 11.2. The van der Waals surface area contributed by atoms with Gasteiger partial charge < -0.3 is 4.74 Å². The number of carbonyl (C=O) groups excluding carboxylic acids is 1. The third-order valence-electron chi connectivity index (χ3n) is 1.59. The van der Waals surface area contributed by atoms with E-state index in [1.807, 2.05) is 6.07 Å². The second-order valence-corrected chi connectivity index (χ2v) is 3.23. The number of carbonyl (C=O) groups is 1. The molecule has 0 aliphatic rings. The van der Waals surface area contributed by atoms with Gasteiger partial charge in [0.1, 0.15) is 6.07 Å². The van der Waals surface area contributed by atoms with Crippen LogP contribution in [-0.4, -0.2) is 13.1 Å². The quantitative estimate of drug-likeness (QED) is 0.696. The molecule has 0 unspecified atom stereocenters. The fraction of sp³-hybridized carbons (Fsp3) is 0.111. The minimum atomic E-state index is -0.611. The van der Waals surface area contributed by atoms with Crippen LogP contribution in [-0.2, 0) is 4.74 Å². The molecule has 0 aliphatic heterocycles. The molecule has 1 aromatic rings. The molecule has 0 aliphatic carbocycles. The smallest absolute Gasteiger partial charge is 0.339 e. The zero-order valence-corrected chi connectivity index (χ0v) is 8.69. The Kier molecular flexibility index (Phi) is 3.34. The molecule has 14 heavy (non-hydrogen) atoms. The molecule has 0 radical (unpaired) electrons. The molecule has 0 bridgehead atoms.